The predicted molar refractivity (Wildman–Crippen MR) is 131 cm³/mol. The molecule has 0 saturated carbocycles. The van der Waals surface area contributed by atoms with Gasteiger partial charge in [-0.15, -0.1) is 11.3 Å². The molecule has 1 unspecified atom stereocenters. The highest BCUT2D eigenvalue weighted by atomic mass is 79.9. The van der Waals surface area contributed by atoms with Crippen molar-refractivity contribution in [1.82, 2.24) is 0 Å². The number of rotatable bonds is 5. The number of nitrogens with zero attached hydrogens (tertiary/aromatic N) is 2. The van der Waals surface area contributed by atoms with Gasteiger partial charge in [-0.2, -0.15) is 0 Å². The molecule has 0 radical (unpaired) electrons. The quantitative estimate of drug-likeness (QED) is 0.288. The number of carbonyl (C=O) groups excluding carboxylic acids is 2. The van der Waals surface area contributed by atoms with Gasteiger partial charge in [0, 0.05) is 35.9 Å². The number of halogens is 1. The van der Waals surface area contributed by atoms with E-state index in [1.165, 1.54) is 16.2 Å². The lowest BCUT2D eigenvalue weighted by Gasteiger charge is -2.25. The molecule has 0 bridgehead atoms. The van der Waals surface area contributed by atoms with Gasteiger partial charge in [0.15, 0.2) is 0 Å². The third kappa shape index (κ3) is 3.80. The first-order valence-electron chi connectivity index (χ1n) is 9.79. The fourth-order valence-corrected chi connectivity index (χ4v) is 5.06. The number of hydrogen-bond acceptors (Lipinski definition) is 6. The van der Waals surface area contributed by atoms with E-state index in [4.69, 9.17) is 4.74 Å². The van der Waals surface area contributed by atoms with Crippen LogP contribution in [0.5, 0.6) is 5.75 Å². The summed E-state index contributed by atoms with van der Waals surface area (Å²) >= 11 is 4.84. The van der Waals surface area contributed by atoms with Crippen LogP contribution in [0.15, 0.2) is 70.0 Å². The Labute approximate surface area is 198 Å². The Hall–Kier alpha value is -3.10. The number of aliphatic hydroxyl groups is 1. The van der Waals surface area contributed by atoms with Crippen molar-refractivity contribution in [2.45, 2.75) is 6.04 Å². The minimum absolute atomic E-state index is 0.0613. The normalized spacial score (nSPS) is 17.6. The minimum atomic E-state index is -0.721. The van der Waals surface area contributed by atoms with Crippen LogP contribution in [0.3, 0.4) is 0 Å². The first kappa shape index (κ1) is 22.1. The molecule has 1 saturated heterocycles. The molecule has 1 aliphatic rings. The van der Waals surface area contributed by atoms with Crippen LogP contribution in [0.4, 0.5) is 11.4 Å². The molecule has 1 N–H and O–H groups in total. The SMILES string of the molecule is COc1ccc(/C(O)=C2/C(=O)C(=O)N(c3ccc(N(C)C)cc3)C2c2cccs2)cc1Br. The van der Waals surface area contributed by atoms with Crippen LogP contribution >= 0.6 is 27.3 Å². The summed E-state index contributed by atoms with van der Waals surface area (Å²) < 4.78 is 5.88. The van der Waals surface area contributed by atoms with Crippen LogP contribution < -0.4 is 14.5 Å². The van der Waals surface area contributed by atoms with Crippen LogP contribution in [0, 0.1) is 0 Å². The van der Waals surface area contributed by atoms with E-state index in [0.29, 0.717) is 21.5 Å². The second-order valence-electron chi connectivity index (χ2n) is 7.44. The Balaban J connectivity index is 1.87. The van der Waals surface area contributed by atoms with Gasteiger partial charge in [-0.25, -0.2) is 0 Å². The van der Waals surface area contributed by atoms with E-state index in [2.05, 4.69) is 15.9 Å². The van der Waals surface area contributed by atoms with Crippen LogP contribution in [-0.4, -0.2) is 38.0 Å². The fourth-order valence-electron chi connectivity index (χ4n) is 3.70. The van der Waals surface area contributed by atoms with Crippen LogP contribution in [0.1, 0.15) is 16.5 Å². The number of aliphatic hydroxyl groups excluding tert-OH is 1. The molecule has 8 heteroatoms. The van der Waals surface area contributed by atoms with Crippen molar-refractivity contribution < 1.29 is 19.4 Å². The number of benzene rings is 2. The molecule has 1 amide bonds. The van der Waals surface area contributed by atoms with Gasteiger partial charge in [-0.1, -0.05) is 6.07 Å². The van der Waals surface area contributed by atoms with E-state index in [1.807, 2.05) is 60.8 Å². The summed E-state index contributed by atoms with van der Waals surface area (Å²) in [4.78, 5) is 30.5. The number of Topliss-reactive ketones (excluding diaryl/α,β-unsaturated/α-hetero) is 1. The largest absolute Gasteiger partial charge is 0.507 e. The number of ether oxygens (including phenoxy) is 1. The van der Waals surface area contributed by atoms with Crippen molar-refractivity contribution in [3.05, 3.63) is 80.5 Å². The van der Waals surface area contributed by atoms with Gasteiger partial charge in [-0.3, -0.25) is 14.5 Å². The van der Waals surface area contributed by atoms with E-state index >= 15 is 0 Å². The molecule has 2 heterocycles. The Kier molecular flexibility index (Phi) is 6.08. The summed E-state index contributed by atoms with van der Waals surface area (Å²) in [5, 5.41) is 13.0. The Morgan fingerprint density at radius 1 is 1.12 bits per heavy atom. The van der Waals surface area contributed by atoms with Gasteiger partial charge >= 0.3 is 0 Å². The smallest absolute Gasteiger partial charge is 0.300 e. The number of amides is 1. The standard InChI is InChI=1S/C24H21BrN2O4S/c1-26(2)15-7-9-16(10-8-15)27-21(19-5-4-12-32-19)20(23(29)24(27)30)22(28)14-6-11-18(31-3)17(25)13-14/h4-13,21,28H,1-3H3/b22-20-. The third-order valence-electron chi connectivity index (χ3n) is 5.33. The average Bonchev–Trinajstić information content (AvgIpc) is 3.40. The fraction of sp³-hybridized carbons (Fsp3) is 0.167. The lowest BCUT2D eigenvalue weighted by atomic mass is 9.99. The molecule has 0 spiro atoms. The Morgan fingerprint density at radius 2 is 1.84 bits per heavy atom. The Bertz CT molecular complexity index is 1200. The van der Waals surface area contributed by atoms with Gasteiger partial charge < -0.3 is 14.7 Å². The van der Waals surface area contributed by atoms with Crippen molar-refractivity contribution >= 4 is 56.1 Å². The highest BCUT2D eigenvalue weighted by Crippen LogP contribution is 2.44. The molecule has 0 aliphatic carbocycles. The van der Waals surface area contributed by atoms with E-state index in [0.717, 1.165) is 10.6 Å². The molecule has 6 nitrogen and oxygen atoms in total. The van der Waals surface area contributed by atoms with Crippen molar-refractivity contribution in [2.75, 3.05) is 31.0 Å². The average molecular weight is 513 g/mol. The maximum Gasteiger partial charge on any atom is 0.300 e. The van der Waals surface area contributed by atoms with Gasteiger partial charge in [0.2, 0.25) is 0 Å². The number of anilines is 2. The van der Waals surface area contributed by atoms with Gasteiger partial charge in [0.05, 0.1) is 17.2 Å². The van der Waals surface area contributed by atoms with Crippen molar-refractivity contribution in [3.63, 3.8) is 0 Å². The number of hydrogen-bond donors (Lipinski definition) is 1. The van der Waals surface area contributed by atoms with Crippen molar-refractivity contribution in [2.24, 2.45) is 0 Å². The maximum atomic E-state index is 13.1. The van der Waals surface area contributed by atoms with Gasteiger partial charge in [0.25, 0.3) is 11.7 Å². The summed E-state index contributed by atoms with van der Waals surface area (Å²) in [5.74, 6) is -1.02. The predicted octanol–water partition coefficient (Wildman–Crippen LogP) is 5.21. The van der Waals surface area contributed by atoms with E-state index in [9.17, 15) is 14.7 Å². The molecule has 2 aromatic carbocycles. The molecular weight excluding hydrogens is 492 g/mol. The highest BCUT2D eigenvalue weighted by molar-refractivity contribution is 9.10. The van der Waals surface area contributed by atoms with E-state index in [1.54, 1.807) is 25.3 Å². The van der Waals surface area contributed by atoms with Gasteiger partial charge in [0.1, 0.15) is 17.6 Å². The molecule has 1 fully saturated rings. The summed E-state index contributed by atoms with van der Waals surface area (Å²) in [5.41, 5.74) is 2.04. The van der Waals surface area contributed by atoms with Crippen LogP contribution in [0.2, 0.25) is 0 Å². The number of ketones is 1. The third-order valence-corrected chi connectivity index (χ3v) is 6.87. The van der Waals surface area contributed by atoms with Crippen molar-refractivity contribution in [1.29, 1.82) is 0 Å². The number of methoxy groups -OCH3 is 1. The molecule has 1 atom stereocenters. The topological polar surface area (TPSA) is 70.1 Å². The second kappa shape index (κ2) is 8.80. The zero-order chi connectivity index (χ0) is 23.0. The maximum absolute atomic E-state index is 13.1. The molecule has 32 heavy (non-hydrogen) atoms. The van der Waals surface area contributed by atoms with Crippen LogP contribution in [-0.2, 0) is 9.59 Å². The lowest BCUT2D eigenvalue weighted by Crippen LogP contribution is -2.29. The Morgan fingerprint density at radius 3 is 2.41 bits per heavy atom. The monoisotopic (exact) mass is 512 g/mol. The zero-order valence-electron chi connectivity index (χ0n) is 17.7. The molecular formula is C24H21BrN2O4S. The van der Waals surface area contributed by atoms with E-state index in [-0.39, 0.29) is 11.3 Å². The summed E-state index contributed by atoms with van der Waals surface area (Å²) in [6, 6.07) is 15.4. The summed E-state index contributed by atoms with van der Waals surface area (Å²) in [6.45, 7) is 0. The zero-order valence-corrected chi connectivity index (χ0v) is 20.1. The minimum Gasteiger partial charge on any atom is -0.507 e. The second-order valence-corrected chi connectivity index (χ2v) is 9.28. The van der Waals surface area contributed by atoms with Crippen LogP contribution in [0.25, 0.3) is 5.76 Å². The number of thiophene rings is 1. The highest BCUT2D eigenvalue weighted by Gasteiger charge is 2.47. The first-order valence-corrected chi connectivity index (χ1v) is 11.5. The van der Waals surface area contributed by atoms with E-state index < -0.39 is 17.7 Å². The number of carbonyl (C=O) groups is 2. The molecule has 3 aromatic rings. The summed E-state index contributed by atoms with van der Waals surface area (Å²) in [7, 11) is 5.41. The molecule has 1 aliphatic heterocycles. The van der Waals surface area contributed by atoms with Crippen molar-refractivity contribution in [3.8, 4) is 5.75 Å². The molecule has 4 rings (SSSR count). The molecule has 164 valence electrons. The van der Waals surface area contributed by atoms with Gasteiger partial charge in [-0.05, 0) is 69.8 Å². The molecule has 1 aromatic heterocycles. The summed E-state index contributed by atoms with van der Waals surface area (Å²) in [6.07, 6.45) is 0. The lowest BCUT2D eigenvalue weighted by molar-refractivity contribution is -0.132. The first-order chi connectivity index (χ1) is 15.3.